The number of hydrogen-bond acceptors (Lipinski definition) is 5. The first-order valence-electron chi connectivity index (χ1n) is 8.41. The lowest BCUT2D eigenvalue weighted by molar-refractivity contribution is -0.384. The number of nitro groups is 1. The van der Waals surface area contributed by atoms with Crippen LogP contribution < -0.4 is 10.6 Å². The van der Waals surface area contributed by atoms with Crippen LogP contribution >= 0.6 is 11.3 Å². The Kier molecular flexibility index (Phi) is 6.28. The van der Waals surface area contributed by atoms with Gasteiger partial charge >= 0.3 is 0 Å². The van der Waals surface area contributed by atoms with Crippen LogP contribution in [0.25, 0.3) is 6.08 Å². The van der Waals surface area contributed by atoms with Gasteiger partial charge in [0.05, 0.1) is 15.5 Å². The Morgan fingerprint density at radius 2 is 1.87 bits per heavy atom. The summed E-state index contributed by atoms with van der Waals surface area (Å²) in [4.78, 5) is 35.8. The molecule has 0 saturated carbocycles. The summed E-state index contributed by atoms with van der Waals surface area (Å²) in [6, 6.07) is 11.2. The molecule has 0 atom stereocenters. The van der Waals surface area contributed by atoms with Gasteiger partial charge in [-0.3, -0.25) is 19.7 Å². The van der Waals surface area contributed by atoms with E-state index in [1.165, 1.54) is 30.3 Å². The van der Waals surface area contributed by atoms with Crippen molar-refractivity contribution in [1.29, 1.82) is 0 Å². The van der Waals surface area contributed by atoms with Gasteiger partial charge in [-0.2, -0.15) is 0 Å². The zero-order valence-electron chi connectivity index (χ0n) is 15.1. The largest absolute Gasteiger partial charge is 0.318 e. The summed E-state index contributed by atoms with van der Waals surface area (Å²) in [6.45, 7) is 0. The molecule has 0 aliphatic rings. The molecule has 3 aromatic rings. The Bertz CT molecular complexity index is 1150. The quantitative estimate of drug-likeness (QED) is 0.346. The van der Waals surface area contributed by atoms with Crippen LogP contribution in [-0.4, -0.2) is 16.7 Å². The SMILES string of the molecule is O=C(Nc1ccc(F)cc1F)C(=Cc1cccc([N+](=O)[O-])c1)NC(=O)c1cccs1. The number of nitrogens with one attached hydrogen (secondary N) is 2. The molecule has 1 heterocycles. The summed E-state index contributed by atoms with van der Waals surface area (Å²) >= 11 is 1.14. The first-order valence-corrected chi connectivity index (χ1v) is 9.29. The summed E-state index contributed by atoms with van der Waals surface area (Å²) in [7, 11) is 0. The first-order chi connectivity index (χ1) is 14.3. The smallest absolute Gasteiger partial charge is 0.272 e. The van der Waals surface area contributed by atoms with Crippen LogP contribution in [0.5, 0.6) is 0 Å². The number of non-ortho nitro benzene ring substituents is 1. The van der Waals surface area contributed by atoms with E-state index < -0.39 is 28.4 Å². The molecule has 2 amide bonds. The summed E-state index contributed by atoms with van der Waals surface area (Å²) in [6.07, 6.45) is 1.22. The highest BCUT2D eigenvalue weighted by Gasteiger charge is 2.17. The fraction of sp³-hybridized carbons (Fsp3) is 0. The van der Waals surface area contributed by atoms with Crippen LogP contribution in [0.2, 0.25) is 0 Å². The number of nitrogens with zero attached hydrogens (tertiary/aromatic N) is 1. The Balaban J connectivity index is 1.93. The highest BCUT2D eigenvalue weighted by molar-refractivity contribution is 7.12. The molecule has 30 heavy (non-hydrogen) atoms. The van der Waals surface area contributed by atoms with Gasteiger partial charge in [-0.25, -0.2) is 8.78 Å². The Morgan fingerprint density at radius 3 is 2.53 bits per heavy atom. The van der Waals surface area contributed by atoms with Crippen LogP contribution in [-0.2, 0) is 4.79 Å². The molecular weight excluding hydrogens is 416 g/mol. The van der Waals surface area contributed by atoms with Gasteiger partial charge in [0.25, 0.3) is 17.5 Å². The maximum atomic E-state index is 13.9. The maximum Gasteiger partial charge on any atom is 0.272 e. The second-order valence-corrected chi connectivity index (χ2v) is 6.87. The number of halogens is 2. The van der Waals surface area contributed by atoms with E-state index >= 15 is 0 Å². The van der Waals surface area contributed by atoms with E-state index in [-0.39, 0.29) is 22.6 Å². The fourth-order valence-electron chi connectivity index (χ4n) is 2.43. The molecule has 0 spiro atoms. The summed E-state index contributed by atoms with van der Waals surface area (Å²) in [5, 5.41) is 17.3. The van der Waals surface area contributed by atoms with E-state index in [2.05, 4.69) is 10.6 Å². The standard InChI is InChI=1S/C20H13F2N3O4S/c21-13-6-7-16(15(22)11-13)23-19(26)17(24-20(27)18-5-2-8-30-18)10-12-3-1-4-14(9-12)25(28)29/h1-11H,(H,23,26)(H,24,27). The fourth-order valence-corrected chi connectivity index (χ4v) is 3.04. The van der Waals surface area contributed by atoms with Crippen molar-refractivity contribution < 1.29 is 23.3 Å². The molecule has 0 aliphatic carbocycles. The predicted octanol–water partition coefficient (Wildman–Crippen LogP) is 4.34. The van der Waals surface area contributed by atoms with Gasteiger partial charge in [0.15, 0.2) is 0 Å². The van der Waals surface area contributed by atoms with E-state index in [0.717, 1.165) is 23.5 Å². The molecule has 2 N–H and O–H groups in total. The third kappa shape index (κ3) is 5.11. The second-order valence-electron chi connectivity index (χ2n) is 5.92. The van der Waals surface area contributed by atoms with Crippen LogP contribution in [0, 0.1) is 21.7 Å². The molecule has 3 rings (SSSR count). The minimum absolute atomic E-state index is 0.210. The molecule has 2 aromatic carbocycles. The Hall–Kier alpha value is -3.92. The lowest BCUT2D eigenvalue weighted by atomic mass is 10.1. The Labute approximate surface area is 172 Å². The van der Waals surface area contributed by atoms with Crippen molar-refractivity contribution in [3.63, 3.8) is 0 Å². The minimum atomic E-state index is -0.998. The number of benzene rings is 2. The lowest BCUT2D eigenvalue weighted by Crippen LogP contribution is -2.30. The summed E-state index contributed by atoms with van der Waals surface area (Å²) in [5.41, 5.74) is -0.521. The van der Waals surface area contributed by atoms with E-state index in [4.69, 9.17) is 0 Å². The first kappa shape index (κ1) is 20.8. The lowest BCUT2D eigenvalue weighted by Gasteiger charge is -2.11. The number of nitro benzene ring substituents is 1. The third-order valence-electron chi connectivity index (χ3n) is 3.81. The Morgan fingerprint density at radius 1 is 1.07 bits per heavy atom. The molecule has 0 saturated heterocycles. The van der Waals surface area contributed by atoms with Crippen LogP contribution in [0.3, 0.4) is 0 Å². The predicted molar refractivity (Wildman–Crippen MR) is 108 cm³/mol. The van der Waals surface area contributed by atoms with E-state index in [1.807, 2.05) is 0 Å². The van der Waals surface area contributed by atoms with Crippen LogP contribution in [0.1, 0.15) is 15.2 Å². The molecule has 1 aromatic heterocycles. The molecule has 152 valence electrons. The van der Waals surface area contributed by atoms with Gasteiger partial charge in [-0.1, -0.05) is 18.2 Å². The van der Waals surface area contributed by atoms with Crippen LogP contribution in [0.15, 0.2) is 65.7 Å². The maximum absolute atomic E-state index is 13.9. The molecule has 0 aliphatic heterocycles. The van der Waals surface area contributed by atoms with Crippen molar-refractivity contribution >= 4 is 40.6 Å². The number of hydrogen-bond donors (Lipinski definition) is 2. The van der Waals surface area contributed by atoms with E-state index in [0.29, 0.717) is 10.9 Å². The van der Waals surface area contributed by atoms with E-state index in [9.17, 15) is 28.5 Å². The van der Waals surface area contributed by atoms with E-state index in [1.54, 1.807) is 17.5 Å². The molecular formula is C20H13F2N3O4S. The number of rotatable bonds is 6. The third-order valence-corrected chi connectivity index (χ3v) is 4.68. The second kappa shape index (κ2) is 9.05. The zero-order valence-corrected chi connectivity index (χ0v) is 15.9. The number of carbonyl (C=O) groups excluding carboxylic acids is 2. The summed E-state index contributed by atoms with van der Waals surface area (Å²) < 4.78 is 27.0. The van der Waals surface area contributed by atoms with Gasteiger partial charge in [-0.15, -0.1) is 11.3 Å². The monoisotopic (exact) mass is 429 g/mol. The number of amides is 2. The van der Waals surface area contributed by atoms with Crippen molar-refractivity contribution in [2.45, 2.75) is 0 Å². The number of carbonyl (C=O) groups is 2. The van der Waals surface area contributed by atoms with Crippen molar-refractivity contribution in [2.75, 3.05) is 5.32 Å². The molecule has 0 radical (unpaired) electrons. The minimum Gasteiger partial charge on any atom is -0.318 e. The molecule has 7 nitrogen and oxygen atoms in total. The van der Waals surface area contributed by atoms with Crippen molar-refractivity contribution in [3.05, 3.63) is 97.9 Å². The van der Waals surface area contributed by atoms with Crippen molar-refractivity contribution in [3.8, 4) is 0 Å². The van der Waals surface area contributed by atoms with Crippen molar-refractivity contribution in [2.24, 2.45) is 0 Å². The van der Waals surface area contributed by atoms with Gasteiger partial charge in [-0.05, 0) is 35.2 Å². The number of thiophene rings is 1. The number of anilines is 1. The topological polar surface area (TPSA) is 101 Å². The highest BCUT2D eigenvalue weighted by atomic mass is 32.1. The molecule has 0 unspecified atom stereocenters. The molecule has 10 heteroatoms. The van der Waals surface area contributed by atoms with Gasteiger partial charge < -0.3 is 10.6 Å². The van der Waals surface area contributed by atoms with Crippen molar-refractivity contribution in [1.82, 2.24) is 5.32 Å². The normalized spacial score (nSPS) is 11.1. The van der Waals surface area contributed by atoms with Gasteiger partial charge in [0.2, 0.25) is 0 Å². The molecule has 0 fully saturated rings. The zero-order chi connectivity index (χ0) is 21.7. The van der Waals surface area contributed by atoms with Crippen LogP contribution in [0.4, 0.5) is 20.2 Å². The van der Waals surface area contributed by atoms with Gasteiger partial charge in [0.1, 0.15) is 17.3 Å². The average Bonchev–Trinajstić information content (AvgIpc) is 3.24. The summed E-state index contributed by atoms with van der Waals surface area (Å²) in [5.74, 6) is -3.29. The van der Waals surface area contributed by atoms with Gasteiger partial charge in [0, 0.05) is 18.2 Å². The highest BCUT2D eigenvalue weighted by Crippen LogP contribution is 2.19. The average molecular weight is 429 g/mol. The molecule has 0 bridgehead atoms.